The van der Waals surface area contributed by atoms with Gasteiger partial charge in [-0.3, -0.25) is 0 Å². The Morgan fingerprint density at radius 1 is 1.33 bits per heavy atom. The highest BCUT2D eigenvalue weighted by atomic mass is 35.5. The third kappa shape index (κ3) is 4.36. The lowest BCUT2D eigenvalue weighted by atomic mass is 9.47. The van der Waals surface area contributed by atoms with Gasteiger partial charge in [0, 0.05) is 17.0 Å². The van der Waals surface area contributed by atoms with E-state index in [4.69, 9.17) is 16.3 Å². The summed E-state index contributed by atoms with van der Waals surface area (Å²) in [5.41, 5.74) is -0.504. The minimum absolute atomic E-state index is 0.0819. The Hall–Kier alpha value is -1.82. The zero-order valence-corrected chi connectivity index (χ0v) is 20.0. The summed E-state index contributed by atoms with van der Waals surface area (Å²) in [6.07, 6.45) is 5.36. The smallest absolute Gasteiger partial charge is 0.211 e. The average Bonchev–Trinajstić information content (AvgIpc) is 3.13. The molecule has 12 heteroatoms. The van der Waals surface area contributed by atoms with E-state index in [0.29, 0.717) is 24.3 Å². The standard InChI is InChI=1S/C21H27ClFN5O4S/c1-12-24-27-28(25-12)21-8-13-3-14(9-21)7-20(6-13,10-21)11-32-18-5-17(23)15(4-16(18)22)19(29)26-33(2,30)31/h4-5,13-14,19,26,29H,3,6-11H2,1-2H3. The molecular weight excluding hydrogens is 473 g/mol. The van der Waals surface area contributed by atoms with Crippen LogP contribution in [0, 0.1) is 30.0 Å². The second-order valence-corrected chi connectivity index (χ2v) is 12.4. The molecule has 0 saturated heterocycles. The molecule has 1 aromatic carbocycles. The molecule has 0 amide bonds. The molecule has 1 heterocycles. The van der Waals surface area contributed by atoms with Gasteiger partial charge in [-0.25, -0.2) is 12.8 Å². The van der Waals surface area contributed by atoms with Gasteiger partial charge in [0.2, 0.25) is 10.0 Å². The Morgan fingerprint density at radius 3 is 2.64 bits per heavy atom. The van der Waals surface area contributed by atoms with Crippen LogP contribution in [0.5, 0.6) is 5.75 Å². The number of aliphatic hydroxyl groups is 1. The third-order valence-electron chi connectivity index (χ3n) is 7.29. The first kappa shape index (κ1) is 22.9. The number of halogens is 2. The van der Waals surface area contributed by atoms with Crippen LogP contribution >= 0.6 is 11.6 Å². The second-order valence-electron chi connectivity index (χ2n) is 10.2. The maximum absolute atomic E-state index is 14.7. The summed E-state index contributed by atoms with van der Waals surface area (Å²) in [4.78, 5) is 1.81. The van der Waals surface area contributed by atoms with E-state index in [0.717, 1.165) is 44.4 Å². The molecule has 1 aromatic heterocycles. The van der Waals surface area contributed by atoms with E-state index >= 15 is 0 Å². The SMILES string of the molecule is Cc1nnn(C23CC4CC(CC(COc5cc(F)c(C(O)NS(C)(=O)=O)cc5Cl)(C4)C2)C3)n1. The van der Waals surface area contributed by atoms with Gasteiger partial charge in [-0.05, 0) is 68.6 Å². The van der Waals surface area contributed by atoms with Gasteiger partial charge in [-0.15, -0.1) is 10.2 Å². The quantitative estimate of drug-likeness (QED) is 0.562. The lowest BCUT2D eigenvalue weighted by Crippen LogP contribution is -2.58. The van der Waals surface area contributed by atoms with Gasteiger partial charge in [0.15, 0.2) is 5.82 Å². The number of hydrogen-bond acceptors (Lipinski definition) is 7. The lowest BCUT2D eigenvalue weighted by Gasteiger charge is -2.60. The van der Waals surface area contributed by atoms with E-state index < -0.39 is 22.1 Å². The number of tetrazole rings is 1. The number of benzene rings is 1. The highest BCUT2D eigenvalue weighted by molar-refractivity contribution is 7.88. The average molecular weight is 500 g/mol. The molecule has 4 fully saturated rings. The largest absolute Gasteiger partial charge is 0.491 e. The van der Waals surface area contributed by atoms with Crippen molar-refractivity contribution in [1.29, 1.82) is 0 Å². The fourth-order valence-corrected chi connectivity index (χ4v) is 7.41. The topological polar surface area (TPSA) is 119 Å². The number of rotatable bonds is 7. The first-order valence-electron chi connectivity index (χ1n) is 11.0. The van der Waals surface area contributed by atoms with E-state index in [2.05, 4.69) is 15.4 Å². The van der Waals surface area contributed by atoms with E-state index in [1.807, 2.05) is 16.4 Å². The van der Waals surface area contributed by atoms with E-state index in [1.165, 1.54) is 12.5 Å². The number of nitrogens with zero attached hydrogens (tertiary/aromatic N) is 4. The number of aryl methyl sites for hydroxylation is 1. The molecule has 0 spiro atoms. The predicted octanol–water partition coefficient (Wildman–Crippen LogP) is 2.69. The van der Waals surface area contributed by atoms with Crippen LogP contribution in [0.25, 0.3) is 0 Å². The van der Waals surface area contributed by atoms with Crippen LogP contribution in [0.1, 0.15) is 56.1 Å². The van der Waals surface area contributed by atoms with Gasteiger partial charge < -0.3 is 9.84 Å². The fourth-order valence-electron chi connectivity index (χ4n) is 6.65. The first-order valence-corrected chi connectivity index (χ1v) is 13.3. The Balaban J connectivity index is 1.36. The molecule has 0 radical (unpaired) electrons. The molecule has 3 atom stereocenters. The Morgan fingerprint density at radius 2 is 2.03 bits per heavy atom. The molecule has 4 saturated carbocycles. The minimum atomic E-state index is -3.73. The van der Waals surface area contributed by atoms with Gasteiger partial charge >= 0.3 is 0 Å². The third-order valence-corrected chi connectivity index (χ3v) is 8.24. The van der Waals surface area contributed by atoms with Crippen LogP contribution in [0.3, 0.4) is 0 Å². The summed E-state index contributed by atoms with van der Waals surface area (Å²) < 4.78 is 45.4. The monoisotopic (exact) mass is 499 g/mol. The molecule has 3 unspecified atom stereocenters. The number of ether oxygens (including phenoxy) is 1. The molecule has 4 aliphatic rings. The van der Waals surface area contributed by atoms with Gasteiger partial charge in [0.05, 0.1) is 23.4 Å². The van der Waals surface area contributed by atoms with Crippen molar-refractivity contribution in [3.63, 3.8) is 0 Å². The predicted molar refractivity (Wildman–Crippen MR) is 117 cm³/mol. The molecule has 0 aliphatic heterocycles. The summed E-state index contributed by atoms with van der Waals surface area (Å²) in [6, 6.07) is 2.29. The van der Waals surface area contributed by atoms with Crippen LogP contribution in [0.15, 0.2) is 12.1 Å². The lowest BCUT2D eigenvalue weighted by molar-refractivity contribution is -0.126. The van der Waals surface area contributed by atoms with Crippen molar-refractivity contribution < 1.29 is 22.7 Å². The van der Waals surface area contributed by atoms with E-state index in [9.17, 15) is 17.9 Å². The van der Waals surface area contributed by atoms with Gasteiger partial charge in [-0.2, -0.15) is 9.52 Å². The highest BCUT2D eigenvalue weighted by Crippen LogP contribution is 2.64. The van der Waals surface area contributed by atoms with Crippen molar-refractivity contribution in [2.75, 3.05) is 12.9 Å². The van der Waals surface area contributed by atoms with Crippen LogP contribution in [-0.2, 0) is 15.6 Å². The summed E-state index contributed by atoms with van der Waals surface area (Å²) >= 11 is 6.32. The Bertz CT molecular complexity index is 1180. The molecule has 33 heavy (non-hydrogen) atoms. The van der Waals surface area contributed by atoms with Crippen LogP contribution in [0.4, 0.5) is 4.39 Å². The molecule has 2 aromatic rings. The van der Waals surface area contributed by atoms with Gasteiger partial charge in [0.25, 0.3) is 0 Å². The van der Waals surface area contributed by atoms with Crippen molar-refractivity contribution in [3.05, 3.63) is 34.4 Å². The molecular formula is C21H27ClFN5O4S. The molecule has 2 N–H and O–H groups in total. The number of aliphatic hydroxyl groups excluding tert-OH is 1. The van der Waals surface area contributed by atoms with Crippen molar-refractivity contribution in [2.45, 2.75) is 57.2 Å². The minimum Gasteiger partial charge on any atom is -0.491 e. The molecule has 4 aliphatic carbocycles. The van der Waals surface area contributed by atoms with Crippen LogP contribution in [0.2, 0.25) is 5.02 Å². The number of nitrogens with one attached hydrogen (secondary N) is 1. The summed E-state index contributed by atoms with van der Waals surface area (Å²) in [6.45, 7) is 2.23. The zero-order chi connectivity index (χ0) is 23.6. The van der Waals surface area contributed by atoms with Gasteiger partial charge in [0.1, 0.15) is 17.8 Å². The molecule has 6 rings (SSSR count). The Kier molecular flexibility index (Phi) is 5.47. The second kappa shape index (κ2) is 7.86. The molecule has 4 bridgehead atoms. The van der Waals surface area contributed by atoms with E-state index in [-0.39, 0.29) is 27.3 Å². The van der Waals surface area contributed by atoms with Crippen LogP contribution in [-0.4, -0.2) is 46.6 Å². The summed E-state index contributed by atoms with van der Waals surface area (Å²) in [5.74, 6) is 1.15. The number of sulfonamides is 1. The van der Waals surface area contributed by atoms with E-state index in [1.54, 1.807) is 0 Å². The maximum atomic E-state index is 14.7. The number of hydrogen-bond donors (Lipinski definition) is 2. The van der Waals surface area contributed by atoms with Crippen molar-refractivity contribution in [3.8, 4) is 5.75 Å². The first-order chi connectivity index (χ1) is 15.5. The van der Waals surface area contributed by atoms with Crippen molar-refractivity contribution >= 4 is 21.6 Å². The molecule has 180 valence electrons. The fraction of sp³-hybridized carbons (Fsp3) is 0.667. The highest BCUT2D eigenvalue weighted by Gasteiger charge is 2.60. The molecule has 9 nitrogen and oxygen atoms in total. The number of aromatic nitrogens is 4. The Labute approximate surface area is 196 Å². The van der Waals surface area contributed by atoms with Crippen molar-refractivity contribution in [1.82, 2.24) is 24.9 Å². The summed E-state index contributed by atoms with van der Waals surface area (Å²) in [7, 11) is -3.73. The van der Waals surface area contributed by atoms with Crippen LogP contribution < -0.4 is 9.46 Å². The summed E-state index contributed by atoms with van der Waals surface area (Å²) in [5, 5.41) is 23.1. The van der Waals surface area contributed by atoms with Gasteiger partial charge in [-0.1, -0.05) is 11.6 Å². The van der Waals surface area contributed by atoms with Crippen molar-refractivity contribution in [2.24, 2.45) is 17.3 Å². The zero-order valence-electron chi connectivity index (χ0n) is 18.5. The normalized spacial score (nSPS) is 31.7. The maximum Gasteiger partial charge on any atom is 0.211 e.